The largest absolute Gasteiger partial charge is 0.384 e. The van der Waals surface area contributed by atoms with Crippen LogP contribution >= 0.6 is 0 Å². The number of hydrogen-bond donors (Lipinski definition) is 2. The fraction of sp³-hybridized carbons (Fsp3) is 0.455. The monoisotopic (exact) mass is 259 g/mol. The van der Waals surface area contributed by atoms with Crippen molar-refractivity contribution in [3.05, 3.63) is 23.4 Å². The molecule has 7 heteroatoms. The summed E-state index contributed by atoms with van der Waals surface area (Å²) in [6.07, 6.45) is -2.50. The quantitative estimate of drug-likeness (QED) is 0.747. The Morgan fingerprint density at radius 3 is 2.89 bits per heavy atom. The number of aromatic nitrogens is 1. The SMILES string of the molecule is Cc1cc(C(=O)NCCOCC(F)F)cc(N)n1. The van der Waals surface area contributed by atoms with Gasteiger partial charge in [-0.15, -0.1) is 0 Å². The smallest absolute Gasteiger partial charge is 0.261 e. The number of carbonyl (C=O) groups excluding carboxylic acids is 1. The second kappa shape index (κ2) is 6.85. The third kappa shape index (κ3) is 5.05. The maximum absolute atomic E-state index is 11.7. The molecule has 0 spiro atoms. The highest BCUT2D eigenvalue weighted by atomic mass is 19.3. The molecule has 0 radical (unpaired) electrons. The Hall–Kier alpha value is -1.76. The Bertz CT molecular complexity index is 393. The number of halogens is 2. The van der Waals surface area contributed by atoms with Gasteiger partial charge in [-0.2, -0.15) is 0 Å². The Kier molecular flexibility index (Phi) is 5.44. The van der Waals surface area contributed by atoms with Crippen molar-refractivity contribution in [3.8, 4) is 0 Å². The lowest BCUT2D eigenvalue weighted by Crippen LogP contribution is -2.28. The highest BCUT2D eigenvalue weighted by Crippen LogP contribution is 2.06. The van der Waals surface area contributed by atoms with E-state index in [4.69, 9.17) is 5.73 Å². The van der Waals surface area contributed by atoms with Crippen molar-refractivity contribution >= 4 is 11.7 Å². The number of carbonyl (C=O) groups is 1. The van der Waals surface area contributed by atoms with Crippen LogP contribution in [-0.4, -0.2) is 37.1 Å². The summed E-state index contributed by atoms with van der Waals surface area (Å²) in [6.45, 7) is 1.29. The molecule has 0 fully saturated rings. The maximum atomic E-state index is 11.7. The number of pyridine rings is 1. The normalized spacial score (nSPS) is 10.7. The van der Waals surface area contributed by atoms with E-state index >= 15 is 0 Å². The van der Waals surface area contributed by atoms with Gasteiger partial charge in [-0.1, -0.05) is 0 Å². The Balaban J connectivity index is 2.36. The topological polar surface area (TPSA) is 77.2 Å². The van der Waals surface area contributed by atoms with E-state index in [9.17, 15) is 13.6 Å². The lowest BCUT2D eigenvalue weighted by atomic mass is 10.2. The third-order valence-corrected chi connectivity index (χ3v) is 2.01. The summed E-state index contributed by atoms with van der Waals surface area (Å²) < 4.78 is 28.1. The van der Waals surface area contributed by atoms with Crippen LogP contribution in [0.4, 0.5) is 14.6 Å². The molecular weight excluding hydrogens is 244 g/mol. The number of nitrogen functional groups attached to an aromatic ring is 1. The van der Waals surface area contributed by atoms with E-state index in [2.05, 4.69) is 15.0 Å². The van der Waals surface area contributed by atoms with Crippen molar-refractivity contribution < 1.29 is 18.3 Å². The van der Waals surface area contributed by atoms with Crippen LogP contribution in [0.15, 0.2) is 12.1 Å². The zero-order chi connectivity index (χ0) is 13.5. The molecule has 3 N–H and O–H groups in total. The Labute approximate surface area is 103 Å². The molecule has 0 atom stereocenters. The van der Waals surface area contributed by atoms with Crippen LogP contribution in [0.2, 0.25) is 0 Å². The first-order chi connectivity index (χ1) is 8.49. The minimum Gasteiger partial charge on any atom is -0.384 e. The maximum Gasteiger partial charge on any atom is 0.261 e. The fourth-order valence-electron chi connectivity index (χ4n) is 1.34. The van der Waals surface area contributed by atoms with E-state index in [1.165, 1.54) is 6.07 Å². The van der Waals surface area contributed by atoms with Crippen molar-refractivity contribution in [2.24, 2.45) is 0 Å². The van der Waals surface area contributed by atoms with Gasteiger partial charge in [0, 0.05) is 17.8 Å². The van der Waals surface area contributed by atoms with Gasteiger partial charge in [-0.25, -0.2) is 13.8 Å². The Morgan fingerprint density at radius 2 is 2.28 bits per heavy atom. The van der Waals surface area contributed by atoms with Gasteiger partial charge >= 0.3 is 0 Å². The average molecular weight is 259 g/mol. The number of alkyl halides is 2. The molecule has 1 heterocycles. The van der Waals surface area contributed by atoms with Crippen LogP contribution in [0, 0.1) is 6.92 Å². The van der Waals surface area contributed by atoms with Gasteiger partial charge in [-0.05, 0) is 19.1 Å². The van der Waals surface area contributed by atoms with Crippen LogP contribution in [0.3, 0.4) is 0 Å². The molecule has 1 rings (SSSR count). The molecule has 1 aromatic heterocycles. The van der Waals surface area contributed by atoms with Crippen molar-refractivity contribution in [1.29, 1.82) is 0 Å². The number of ether oxygens (including phenoxy) is 1. The van der Waals surface area contributed by atoms with E-state index in [1.807, 2.05) is 0 Å². The van der Waals surface area contributed by atoms with Crippen molar-refractivity contribution in [3.63, 3.8) is 0 Å². The number of nitrogens with two attached hydrogens (primary N) is 1. The summed E-state index contributed by atoms with van der Waals surface area (Å²) in [6, 6.07) is 3.04. The molecule has 5 nitrogen and oxygen atoms in total. The van der Waals surface area contributed by atoms with Crippen LogP contribution in [-0.2, 0) is 4.74 Å². The van der Waals surface area contributed by atoms with Gasteiger partial charge < -0.3 is 15.8 Å². The molecule has 1 aromatic rings. The Morgan fingerprint density at radius 1 is 1.56 bits per heavy atom. The van der Waals surface area contributed by atoms with Crippen LogP contribution in [0.1, 0.15) is 16.1 Å². The van der Waals surface area contributed by atoms with Crippen molar-refractivity contribution in [2.45, 2.75) is 13.3 Å². The van der Waals surface area contributed by atoms with Gasteiger partial charge in [-0.3, -0.25) is 4.79 Å². The summed E-state index contributed by atoms with van der Waals surface area (Å²) >= 11 is 0. The number of anilines is 1. The summed E-state index contributed by atoms with van der Waals surface area (Å²) in [7, 11) is 0. The number of rotatable bonds is 6. The zero-order valence-corrected chi connectivity index (χ0v) is 9.95. The molecule has 0 aliphatic carbocycles. The summed E-state index contributed by atoms with van der Waals surface area (Å²) in [5.41, 5.74) is 6.52. The molecule has 0 aromatic carbocycles. The minimum atomic E-state index is -2.50. The lowest BCUT2D eigenvalue weighted by molar-refractivity contribution is 0.0188. The standard InChI is InChI=1S/C11H15F2N3O2/c1-7-4-8(5-10(14)16-7)11(17)15-2-3-18-6-9(12)13/h4-5,9H,2-3,6H2,1H3,(H2,14,16)(H,15,17). The molecule has 100 valence electrons. The average Bonchev–Trinajstić information content (AvgIpc) is 2.26. The van der Waals surface area contributed by atoms with Gasteiger partial charge in [0.05, 0.1) is 6.61 Å². The second-order valence-corrected chi connectivity index (χ2v) is 3.64. The molecule has 0 saturated carbocycles. The fourth-order valence-corrected chi connectivity index (χ4v) is 1.34. The number of nitrogens with zero attached hydrogens (tertiary/aromatic N) is 1. The predicted octanol–water partition coefficient (Wildman–Crippen LogP) is 0.984. The first kappa shape index (κ1) is 14.3. The van der Waals surface area contributed by atoms with Gasteiger partial charge in [0.1, 0.15) is 12.4 Å². The number of nitrogens with one attached hydrogen (secondary N) is 1. The highest BCUT2D eigenvalue weighted by molar-refractivity contribution is 5.94. The number of hydrogen-bond acceptors (Lipinski definition) is 4. The first-order valence-corrected chi connectivity index (χ1v) is 5.37. The van der Waals surface area contributed by atoms with Crippen molar-refractivity contribution in [2.75, 3.05) is 25.5 Å². The van der Waals surface area contributed by atoms with Gasteiger partial charge in [0.25, 0.3) is 12.3 Å². The molecule has 18 heavy (non-hydrogen) atoms. The van der Waals surface area contributed by atoms with E-state index in [0.29, 0.717) is 11.3 Å². The predicted molar refractivity (Wildman–Crippen MR) is 62.5 cm³/mol. The molecule has 0 bridgehead atoms. The van der Waals surface area contributed by atoms with E-state index < -0.39 is 13.0 Å². The molecule has 0 aliphatic heterocycles. The molecule has 0 aliphatic rings. The lowest BCUT2D eigenvalue weighted by Gasteiger charge is -2.07. The highest BCUT2D eigenvalue weighted by Gasteiger charge is 2.07. The molecule has 0 unspecified atom stereocenters. The second-order valence-electron chi connectivity index (χ2n) is 3.64. The first-order valence-electron chi connectivity index (χ1n) is 5.37. The third-order valence-electron chi connectivity index (χ3n) is 2.01. The number of aryl methyl sites for hydroxylation is 1. The minimum absolute atomic E-state index is 0.0373. The number of amides is 1. The summed E-state index contributed by atoms with van der Waals surface area (Å²) in [5.74, 6) is -0.0815. The van der Waals surface area contributed by atoms with E-state index in [1.54, 1.807) is 13.0 Å². The summed E-state index contributed by atoms with van der Waals surface area (Å²) in [4.78, 5) is 15.6. The van der Waals surface area contributed by atoms with Crippen LogP contribution in [0.5, 0.6) is 0 Å². The van der Waals surface area contributed by atoms with Crippen molar-refractivity contribution in [1.82, 2.24) is 10.3 Å². The van der Waals surface area contributed by atoms with E-state index in [-0.39, 0.29) is 24.9 Å². The summed E-state index contributed by atoms with van der Waals surface area (Å²) in [5, 5.41) is 2.53. The van der Waals surface area contributed by atoms with Crippen LogP contribution in [0.25, 0.3) is 0 Å². The zero-order valence-electron chi connectivity index (χ0n) is 9.95. The molecular formula is C11H15F2N3O2. The molecule has 1 amide bonds. The molecule has 0 saturated heterocycles. The van der Waals surface area contributed by atoms with Crippen LogP contribution < -0.4 is 11.1 Å². The van der Waals surface area contributed by atoms with E-state index in [0.717, 1.165) is 0 Å². The van der Waals surface area contributed by atoms with Gasteiger partial charge in [0.2, 0.25) is 0 Å². The van der Waals surface area contributed by atoms with Gasteiger partial charge in [0.15, 0.2) is 0 Å².